The van der Waals surface area contributed by atoms with Crippen molar-refractivity contribution in [1.29, 1.82) is 5.41 Å². The van der Waals surface area contributed by atoms with E-state index in [-0.39, 0.29) is 17.4 Å². The Morgan fingerprint density at radius 3 is 2.68 bits per heavy atom. The minimum atomic E-state index is -0.426. The van der Waals surface area contributed by atoms with Crippen LogP contribution in [-0.2, 0) is 4.79 Å². The fourth-order valence-electron chi connectivity index (χ4n) is 2.67. The predicted octanol–water partition coefficient (Wildman–Crippen LogP) is 2.82. The van der Waals surface area contributed by atoms with Crippen molar-refractivity contribution in [3.63, 3.8) is 0 Å². The zero-order valence-corrected chi connectivity index (χ0v) is 15.5. The molecule has 0 spiro atoms. The Labute approximate surface area is 149 Å². The summed E-state index contributed by atoms with van der Waals surface area (Å²) < 4.78 is 13.7. The van der Waals surface area contributed by atoms with Gasteiger partial charge in [-0.2, -0.15) is 0 Å². The van der Waals surface area contributed by atoms with Gasteiger partial charge in [-0.1, -0.05) is 26.3 Å². The molecule has 1 unspecified atom stereocenters. The van der Waals surface area contributed by atoms with Gasteiger partial charge in [0.25, 0.3) is 5.91 Å². The molecule has 0 radical (unpaired) electrons. The van der Waals surface area contributed by atoms with Crippen LogP contribution in [-0.4, -0.2) is 38.8 Å². The molecule has 25 heavy (non-hydrogen) atoms. The Morgan fingerprint density at radius 2 is 2.12 bits per heavy atom. The third-order valence-corrected chi connectivity index (χ3v) is 3.91. The van der Waals surface area contributed by atoms with Gasteiger partial charge in [0, 0.05) is 38.8 Å². The van der Waals surface area contributed by atoms with Gasteiger partial charge in [0.15, 0.2) is 0 Å². The van der Waals surface area contributed by atoms with Crippen LogP contribution in [0.15, 0.2) is 29.8 Å². The number of nitrogens with two attached hydrogens (primary N) is 1. The van der Waals surface area contributed by atoms with Gasteiger partial charge in [0.2, 0.25) is 0 Å². The van der Waals surface area contributed by atoms with Crippen molar-refractivity contribution in [3.8, 4) is 0 Å². The molecule has 0 bridgehead atoms. The molecule has 1 aromatic carbocycles. The van der Waals surface area contributed by atoms with Crippen molar-refractivity contribution in [2.24, 2.45) is 5.73 Å². The Balaban J connectivity index is 3.15. The largest absolute Gasteiger partial charge is 0.377 e. The van der Waals surface area contributed by atoms with E-state index in [9.17, 15) is 9.18 Å². The molecule has 0 aliphatic rings. The molecule has 6 heteroatoms. The molecule has 1 atom stereocenters. The lowest BCUT2D eigenvalue weighted by Gasteiger charge is -2.21. The van der Waals surface area contributed by atoms with Crippen LogP contribution in [0.3, 0.4) is 0 Å². The normalized spacial score (nSPS) is 12.6. The van der Waals surface area contributed by atoms with Crippen LogP contribution in [0.25, 0.3) is 0 Å². The highest BCUT2D eigenvalue weighted by Gasteiger charge is 2.17. The number of halogens is 1. The van der Waals surface area contributed by atoms with Crippen LogP contribution < -0.4 is 16.0 Å². The molecule has 0 aromatic heterocycles. The molecule has 0 saturated heterocycles. The van der Waals surface area contributed by atoms with Crippen LogP contribution in [0.1, 0.15) is 38.2 Å². The number of rotatable bonds is 9. The number of hydrogen-bond donors (Lipinski definition) is 3. The molecule has 0 aliphatic carbocycles. The van der Waals surface area contributed by atoms with Crippen molar-refractivity contribution < 1.29 is 9.18 Å². The quantitative estimate of drug-likeness (QED) is 0.600. The maximum Gasteiger partial charge on any atom is 0.269 e. The number of amides is 1. The monoisotopic (exact) mass is 348 g/mol. The van der Waals surface area contributed by atoms with E-state index in [0.29, 0.717) is 25.1 Å². The maximum absolute atomic E-state index is 13.7. The van der Waals surface area contributed by atoms with E-state index in [2.05, 4.69) is 5.32 Å². The molecule has 1 rings (SSSR count). The molecule has 138 valence electrons. The number of hydrogen-bond acceptors (Lipinski definition) is 4. The van der Waals surface area contributed by atoms with E-state index in [1.807, 2.05) is 38.9 Å². The van der Waals surface area contributed by atoms with Gasteiger partial charge < -0.3 is 16.0 Å². The first-order valence-electron chi connectivity index (χ1n) is 8.56. The van der Waals surface area contributed by atoms with Crippen LogP contribution >= 0.6 is 0 Å². The second-order valence-corrected chi connectivity index (χ2v) is 6.25. The lowest BCUT2D eigenvalue weighted by Crippen LogP contribution is -2.35. The smallest absolute Gasteiger partial charge is 0.269 e. The van der Waals surface area contributed by atoms with Crippen LogP contribution in [0, 0.1) is 11.2 Å². The average Bonchev–Trinajstić information content (AvgIpc) is 2.58. The first kappa shape index (κ1) is 20.8. The van der Waals surface area contributed by atoms with E-state index in [0.717, 1.165) is 17.7 Å². The predicted molar refractivity (Wildman–Crippen MR) is 102 cm³/mol. The number of nitrogens with zero attached hydrogens (tertiary/aromatic N) is 1. The number of carbonyl (C=O) groups is 1. The average molecular weight is 348 g/mol. The van der Waals surface area contributed by atoms with Crippen LogP contribution in [0.2, 0.25) is 0 Å². The summed E-state index contributed by atoms with van der Waals surface area (Å²) in [6.45, 7) is 4.61. The SMILES string of the molecule is CCC/C(=C\C(C)c1cc(F)ccc1N(C)C)C(=N)C(=O)NCCN. The summed E-state index contributed by atoms with van der Waals surface area (Å²) >= 11 is 0. The summed E-state index contributed by atoms with van der Waals surface area (Å²) in [4.78, 5) is 14.0. The lowest BCUT2D eigenvalue weighted by molar-refractivity contribution is -0.114. The molecule has 4 N–H and O–H groups in total. The fraction of sp³-hybridized carbons (Fsp3) is 0.474. The van der Waals surface area contributed by atoms with Gasteiger partial charge in [-0.15, -0.1) is 0 Å². The van der Waals surface area contributed by atoms with E-state index in [4.69, 9.17) is 11.1 Å². The molecular weight excluding hydrogens is 319 g/mol. The second kappa shape index (κ2) is 9.93. The highest BCUT2D eigenvalue weighted by molar-refractivity contribution is 6.44. The van der Waals surface area contributed by atoms with Crippen molar-refractivity contribution in [1.82, 2.24) is 5.32 Å². The molecule has 0 fully saturated rings. The Kier molecular flexibility index (Phi) is 8.28. The van der Waals surface area contributed by atoms with Crippen LogP contribution in [0.4, 0.5) is 10.1 Å². The van der Waals surface area contributed by atoms with E-state index < -0.39 is 5.91 Å². The molecular formula is C19H29FN4O. The highest BCUT2D eigenvalue weighted by atomic mass is 19.1. The van der Waals surface area contributed by atoms with Gasteiger partial charge in [-0.3, -0.25) is 10.2 Å². The third-order valence-electron chi connectivity index (χ3n) is 3.91. The Morgan fingerprint density at radius 1 is 1.44 bits per heavy atom. The van der Waals surface area contributed by atoms with Crippen molar-refractivity contribution >= 4 is 17.3 Å². The zero-order valence-electron chi connectivity index (χ0n) is 15.5. The summed E-state index contributed by atoms with van der Waals surface area (Å²) in [5, 5.41) is 10.8. The van der Waals surface area contributed by atoms with E-state index in [1.165, 1.54) is 12.1 Å². The van der Waals surface area contributed by atoms with E-state index in [1.54, 1.807) is 6.07 Å². The number of nitrogens with one attached hydrogen (secondary N) is 2. The zero-order chi connectivity index (χ0) is 19.0. The Bertz CT molecular complexity index is 640. The number of carbonyl (C=O) groups excluding carboxylic acids is 1. The first-order chi connectivity index (χ1) is 11.8. The van der Waals surface area contributed by atoms with Crippen molar-refractivity contribution in [2.75, 3.05) is 32.1 Å². The molecule has 5 nitrogen and oxygen atoms in total. The Hall–Kier alpha value is -2.21. The number of benzene rings is 1. The standard InChI is InChI=1S/C19H29FN4O/c1-5-6-14(18(22)19(25)23-10-9-21)11-13(2)16-12-15(20)7-8-17(16)24(3)4/h7-8,11-13,22H,5-6,9-10,21H2,1-4H3,(H,23,25)/b14-11+,22-18?. The molecule has 1 aromatic rings. The third kappa shape index (κ3) is 5.98. The first-order valence-corrected chi connectivity index (χ1v) is 8.56. The van der Waals surface area contributed by atoms with E-state index >= 15 is 0 Å². The van der Waals surface area contributed by atoms with Crippen molar-refractivity contribution in [2.45, 2.75) is 32.6 Å². The fourth-order valence-corrected chi connectivity index (χ4v) is 2.67. The molecule has 0 saturated carbocycles. The van der Waals surface area contributed by atoms with Gasteiger partial charge in [-0.25, -0.2) is 4.39 Å². The lowest BCUT2D eigenvalue weighted by atomic mass is 9.93. The second-order valence-electron chi connectivity index (χ2n) is 6.25. The number of anilines is 1. The maximum atomic E-state index is 13.7. The molecule has 1 amide bonds. The van der Waals surface area contributed by atoms with Gasteiger partial charge >= 0.3 is 0 Å². The minimum Gasteiger partial charge on any atom is -0.377 e. The minimum absolute atomic E-state index is 0.0510. The summed E-state index contributed by atoms with van der Waals surface area (Å²) in [5.41, 5.74) is 7.75. The summed E-state index contributed by atoms with van der Waals surface area (Å²) in [5.74, 6) is -0.851. The molecule has 0 aliphatic heterocycles. The topological polar surface area (TPSA) is 82.2 Å². The van der Waals surface area contributed by atoms with Crippen molar-refractivity contribution in [3.05, 3.63) is 41.2 Å². The van der Waals surface area contributed by atoms with Gasteiger partial charge in [0.05, 0.1) is 0 Å². The summed E-state index contributed by atoms with van der Waals surface area (Å²) in [6.07, 6.45) is 3.32. The molecule has 0 heterocycles. The summed E-state index contributed by atoms with van der Waals surface area (Å²) in [6, 6.07) is 4.69. The number of allylic oxidation sites excluding steroid dienone is 1. The van der Waals surface area contributed by atoms with Gasteiger partial charge in [-0.05, 0) is 35.8 Å². The van der Waals surface area contributed by atoms with Gasteiger partial charge in [0.1, 0.15) is 11.5 Å². The van der Waals surface area contributed by atoms with Crippen LogP contribution in [0.5, 0.6) is 0 Å². The summed E-state index contributed by atoms with van der Waals surface area (Å²) in [7, 11) is 3.81. The highest BCUT2D eigenvalue weighted by Crippen LogP contribution is 2.29.